The van der Waals surface area contributed by atoms with Crippen LogP contribution < -0.4 is 4.90 Å². The van der Waals surface area contributed by atoms with Crippen LogP contribution in [0, 0.1) is 5.41 Å². The van der Waals surface area contributed by atoms with E-state index in [0.29, 0.717) is 16.6 Å². The Morgan fingerprint density at radius 1 is 1.07 bits per heavy atom. The van der Waals surface area contributed by atoms with Crippen molar-refractivity contribution in [1.82, 2.24) is 9.80 Å². The van der Waals surface area contributed by atoms with Crippen LogP contribution in [-0.4, -0.2) is 72.7 Å². The number of carbonyl (C=O) groups is 1. The molecular weight excluding hydrogens is 385 g/mol. The van der Waals surface area contributed by atoms with Crippen molar-refractivity contribution in [2.75, 3.05) is 50.7 Å². The van der Waals surface area contributed by atoms with Crippen molar-refractivity contribution >= 4 is 34.8 Å². The number of carbonyl (C=O) groups excluding carboxylic acids is 1. The van der Waals surface area contributed by atoms with Gasteiger partial charge in [-0.1, -0.05) is 23.2 Å². The number of halogens is 2. The lowest BCUT2D eigenvalue weighted by Crippen LogP contribution is -2.51. The van der Waals surface area contributed by atoms with E-state index in [2.05, 4.69) is 9.80 Å². The molecule has 1 amide bonds. The summed E-state index contributed by atoms with van der Waals surface area (Å²) in [7, 11) is 0. The average Bonchev–Trinajstić information content (AvgIpc) is 3.43. The fraction of sp³-hybridized carbons (Fsp3) is 0.650. The van der Waals surface area contributed by atoms with Crippen LogP contribution in [0.3, 0.4) is 0 Å². The van der Waals surface area contributed by atoms with Crippen molar-refractivity contribution in [3.8, 4) is 0 Å². The van der Waals surface area contributed by atoms with Crippen LogP contribution in [-0.2, 0) is 4.79 Å². The van der Waals surface area contributed by atoms with Crippen molar-refractivity contribution in [3.05, 3.63) is 28.2 Å². The predicted octanol–water partition coefficient (Wildman–Crippen LogP) is 2.88. The van der Waals surface area contributed by atoms with Crippen LogP contribution in [0.5, 0.6) is 0 Å². The second-order valence-electron chi connectivity index (χ2n) is 8.18. The van der Waals surface area contributed by atoms with E-state index in [1.807, 2.05) is 17.0 Å². The summed E-state index contributed by atoms with van der Waals surface area (Å²) in [5, 5.41) is 11.3. The first-order valence-electron chi connectivity index (χ1n) is 9.85. The van der Waals surface area contributed by atoms with Gasteiger partial charge in [-0.3, -0.25) is 4.79 Å². The van der Waals surface area contributed by atoms with Crippen LogP contribution in [0.1, 0.15) is 25.7 Å². The third-order valence-electron chi connectivity index (χ3n) is 6.45. The highest BCUT2D eigenvalue weighted by Crippen LogP contribution is 2.53. The second-order valence-corrected chi connectivity index (χ2v) is 9.00. The van der Waals surface area contributed by atoms with Crippen LogP contribution >= 0.6 is 23.2 Å². The zero-order chi connectivity index (χ0) is 19.0. The number of rotatable bonds is 5. The van der Waals surface area contributed by atoms with Crippen LogP contribution in [0.4, 0.5) is 5.69 Å². The standard InChI is InChI=1S/C20H27Cl2N3O2/c21-16-3-2-15(12-17(16)22)25-11-10-24(19(27)14-25)8-1-7-23-9-6-20(4-5-20)18(26)13-23/h2-3,12,18,26H,1,4-11,13-14H2. The summed E-state index contributed by atoms with van der Waals surface area (Å²) in [6, 6.07) is 5.50. The minimum Gasteiger partial charge on any atom is -0.391 e. The molecule has 1 aromatic carbocycles. The van der Waals surface area contributed by atoms with Gasteiger partial charge in [0.2, 0.25) is 5.91 Å². The summed E-state index contributed by atoms with van der Waals surface area (Å²) >= 11 is 12.1. The Hall–Kier alpha value is -1.01. The van der Waals surface area contributed by atoms with Crippen LogP contribution in [0.2, 0.25) is 10.0 Å². The third-order valence-corrected chi connectivity index (χ3v) is 7.18. The highest BCUT2D eigenvalue weighted by molar-refractivity contribution is 6.42. The lowest BCUT2D eigenvalue weighted by molar-refractivity contribution is -0.131. The van der Waals surface area contributed by atoms with Crippen molar-refractivity contribution < 1.29 is 9.90 Å². The van der Waals surface area contributed by atoms with E-state index < -0.39 is 0 Å². The molecule has 148 valence electrons. The van der Waals surface area contributed by atoms with Gasteiger partial charge < -0.3 is 19.8 Å². The van der Waals surface area contributed by atoms with Gasteiger partial charge in [0.15, 0.2) is 0 Å². The number of aliphatic hydroxyl groups excluding tert-OH is 1. The molecule has 27 heavy (non-hydrogen) atoms. The predicted molar refractivity (Wildman–Crippen MR) is 109 cm³/mol. The van der Waals surface area contributed by atoms with E-state index >= 15 is 0 Å². The molecule has 7 heteroatoms. The molecular formula is C20H27Cl2N3O2. The van der Waals surface area contributed by atoms with Gasteiger partial charge in [-0.05, 0) is 62.4 Å². The summed E-state index contributed by atoms with van der Waals surface area (Å²) in [6.45, 7) is 5.51. The first kappa shape index (κ1) is 19.3. The number of hydrogen-bond donors (Lipinski definition) is 1. The Morgan fingerprint density at radius 2 is 1.89 bits per heavy atom. The van der Waals surface area contributed by atoms with E-state index in [1.54, 1.807) is 6.07 Å². The topological polar surface area (TPSA) is 47.0 Å². The number of benzene rings is 1. The minimum absolute atomic E-state index is 0.155. The summed E-state index contributed by atoms with van der Waals surface area (Å²) in [6.07, 6.45) is 4.30. The highest BCUT2D eigenvalue weighted by atomic mass is 35.5. The Kier molecular flexibility index (Phi) is 5.57. The van der Waals surface area contributed by atoms with Crippen molar-refractivity contribution in [3.63, 3.8) is 0 Å². The van der Waals surface area contributed by atoms with Gasteiger partial charge in [0.05, 0.1) is 22.7 Å². The molecule has 2 heterocycles. The SMILES string of the molecule is O=C1CN(c2ccc(Cl)c(Cl)c2)CCN1CCCN1CCC2(CC2)C(O)C1. The zero-order valence-corrected chi connectivity index (χ0v) is 17.1. The number of hydrogen-bond acceptors (Lipinski definition) is 4. The number of nitrogens with zero attached hydrogens (tertiary/aromatic N) is 3. The van der Waals surface area contributed by atoms with Crippen molar-refractivity contribution in [2.45, 2.75) is 31.8 Å². The lowest BCUT2D eigenvalue weighted by Gasteiger charge is -2.38. The number of amides is 1. The maximum Gasteiger partial charge on any atom is 0.242 e. The van der Waals surface area contributed by atoms with E-state index in [0.717, 1.165) is 57.8 Å². The van der Waals surface area contributed by atoms with Gasteiger partial charge in [0.1, 0.15) is 0 Å². The minimum atomic E-state index is -0.164. The summed E-state index contributed by atoms with van der Waals surface area (Å²) in [4.78, 5) is 18.9. The monoisotopic (exact) mass is 411 g/mol. The molecule has 3 fully saturated rings. The molecule has 1 saturated carbocycles. The number of piperazine rings is 1. The van der Waals surface area contributed by atoms with E-state index in [1.165, 1.54) is 12.8 Å². The summed E-state index contributed by atoms with van der Waals surface area (Å²) in [5.41, 5.74) is 1.20. The van der Waals surface area contributed by atoms with E-state index in [-0.39, 0.29) is 17.4 Å². The number of aliphatic hydroxyl groups is 1. The smallest absolute Gasteiger partial charge is 0.242 e. The van der Waals surface area contributed by atoms with Gasteiger partial charge in [-0.25, -0.2) is 0 Å². The van der Waals surface area contributed by atoms with Crippen LogP contribution in [0.15, 0.2) is 18.2 Å². The first-order valence-corrected chi connectivity index (χ1v) is 10.6. The van der Waals surface area contributed by atoms with Gasteiger partial charge in [0, 0.05) is 31.9 Å². The summed E-state index contributed by atoms with van der Waals surface area (Å²) in [5.74, 6) is 0.155. The molecule has 0 bridgehead atoms. The fourth-order valence-corrected chi connectivity index (χ4v) is 4.65. The molecule has 1 aromatic rings. The first-order chi connectivity index (χ1) is 13.0. The Morgan fingerprint density at radius 3 is 2.56 bits per heavy atom. The highest BCUT2D eigenvalue weighted by Gasteiger charge is 2.50. The quantitative estimate of drug-likeness (QED) is 0.808. The number of β-amino-alcohol motifs (C(OH)–C–C–N with tert-alkyl or cyclic N) is 1. The molecule has 1 N–H and O–H groups in total. The van der Waals surface area contributed by atoms with Gasteiger partial charge in [-0.15, -0.1) is 0 Å². The fourth-order valence-electron chi connectivity index (χ4n) is 4.36. The molecule has 0 aromatic heterocycles. The molecule has 1 unspecified atom stereocenters. The summed E-state index contributed by atoms with van der Waals surface area (Å²) < 4.78 is 0. The zero-order valence-electron chi connectivity index (χ0n) is 15.5. The molecule has 1 aliphatic carbocycles. The van der Waals surface area contributed by atoms with Crippen molar-refractivity contribution in [2.24, 2.45) is 5.41 Å². The molecule has 4 rings (SSSR count). The number of likely N-dealkylation sites (tertiary alicyclic amines) is 1. The van der Waals surface area contributed by atoms with Gasteiger partial charge >= 0.3 is 0 Å². The van der Waals surface area contributed by atoms with Gasteiger partial charge in [0.25, 0.3) is 0 Å². The molecule has 1 spiro atoms. The molecule has 3 aliphatic rings. The second kappa shape index (κ2) is 7.78. The normalized spacial score (nSPS) is 25.3. The number of anilines is 1. The largest absolute Gasteiger partial charge is 0.391 e. The van der Waals surface area contributed by atoms with E-state index in [9.17, 15) is 9.90 Å². The molecule has 2 saturated heterocycles. The van der Waals surface area contributed by atoms with Crippen LogP contribution in [0.25, 0.3) is 0 Å². The molecule has 2 aliphatic heterocycles. The lowest BCUT2D eigenvalue weighted by atomic mass is 9.90. The molecule has 0 radical (unpaired) electrons. The Bertz CT molecular complexity index is 710. The maximum absolute atomic E-state index is 12.5. The molecule has 1 atom stereocenters. The average molecular weight is 412 g/mol. The molecule has 5 nitrogen and oxygen atoms in total. The van der Waals surface area contributed by atoms with E-state index in [4.69, 9.17) is 23.2 Å². The Balaban J connectivity index is 1.22. The van der Waals surface area contributed by atoms with Gasteiger partial charge in [-0.2, -0.15) is 0 Å². The maximum atomic E-state index is 12.5. The van der Waals surface area contributed by atoms with Crippen molar-refractivity contribution in [1.29, 1.82) is 0 Å². The number of piperidine rings is 1. The Labute approximate surface area is 170 Å². The third kappa shape index (κ3) is 4.21.